The minimum Gasteiger partial charge on any atom is -0.545 e. The fraction of sp³-hybridized carbons (Fsp3) is 0.556. The summed E-state index contributed by atoms with van der Waals surface area (Å²) in [7, 11) is 0. The highest BCUT2D eigenvalue weighted by Gasteiger charge is 2.22. The van der Waals surface area contributed by atoms with Gasteiger partial charge in [-0.1, -0.05) is 52.7 Å². The number of rotatable bonds is 8. The second kappa shape index (κ2) is 7.97. The van der Waals surface area contributed by atoms with E-state index in [1.165, 1.54) is 12.1 Å². The lowest BCUT2D eigenvalue weighted by molar-refractivity contribution is -0.256. The smallest absolute Gasteiger partial charge is 0.0718 e. The summed E-state index contributed by atoms with van der Waals surface area (Å²) in [5.41, 5.74) is 1.40. The summed E-state index contributed by atoms with van der Waals surface area (Å²) in [6.45, 7) is 7.92. The van der Waals surface area contributed by atoms with Gasteiger partial charge in [0, 0.05) is 11.1 Å². The molecule has 0 aliphatic carbocycles. The third-order valence-electron chi connectivity index (χ3n) is 4.16. The van der Waals surface area contributed by atoms with Gasteiger partial charge >= 0.3 is 0 Å². The molecule has 1 rings (SSSR count). The molecule has 0 heterocycles. The predicted molar refractivity (Wildman–Crippen MR) is 81.7 cm³/mol. The maximum Gasteiger partial charge on any atom is 0.0718 e. The van der Waals surface area contributed by atoms with Crippen LogP contribution in [0, 0.1) is 0 Å². The van der Waals surface area contributed by atoms with E-state index in [0.29, 0.717) is 11.1 Å². The fourth-order valence-corrected chi connectivity index (χ4v) is 3.21. The third-order valence-corrected chi connectivity index (χ3v) is 4.16. The number of benzene rings is 1. The molecule has 0 aliphatic rings. The largest absolute Gasteiger partial charge is 0.545 e. The molecule has 0 bridgehead atoms. The number of hydrogen-bond acceptors (Lipinski definition) is 4. The van der Waals surface area contributed by atoms with Crippen LogP contribution >= 0.6 is 0 Å². The number of carboxylic acid groups (broad SMARTS) is 2. The Labute approximate surface area is 132 Å². The quantitative estimate of drug-likeness (QED) is 0.737. The van der Waals surface area contributed by atoms with Crippen molar-refractivity contribution in [3.8, 4) is 0 Å². The van der Waals surface area contributed by atoms with Gasteiger partial charge in [-0.05, 0) is 35.8 Å². The van der Waals surface area contributed by atoms with E-state index in [2.05, 4.69) is 0 Å². The van der Waals surface area contributed by atoms with Crippen molar-refractivity contribution < 1.29 is 19.8 Å². The zero-order valence-corrected chi connectivity index (χ0v) is 13.8. The standard InChI is InChI=1S/C18H26O4/c1-5-7-11(3)15-13(17(19)20)9-10-14(18(21)22)16(15)12(4)8-6-2/h9-12H,5-8H2,1-4H3,(H,19,20)(H,21,22)/p-2. The highest BCUT2D eigenvalue weighted by molar-refractivity contribution is 5.94. The Morgan fingerprint density at radius 1 is 0.864 bits per heavy atom. The van der Waals surface area contributed by atoms with Gasteiger partial charge in [0.1, 0.15) is 0 Å². The molecule has 122 valence electrons. The Kier molecular flexibility index (Phi) is 6.60. The van der Waals surface area contributed by atoms with Gasteiger partial charge in [0.05, 0.1) is 11.9 Å². The van der Waals surface area contributed by atoms with Gasteiger partial charge in [0.2, 0.25) is 0 Å². The molecule has 4 heteroatoms. The molecule has 0 aromatic heterocycles. The summed E-state index contributed by atoms with van der Waals surface area (Å²) >= 11 is 0. The number of hydrogen-bond donors (Lipinski definition) is 0. The molecule has 1 aromatic rings. The van der Waals surface area contributed by atoms with E-state index in [1.807, 2.05) is 27.7 Å². The molecule has 0 aliphatic heterocycles. The minimum atomic E-state index is -1.26. The zero-order chi connectivity index (χ0) is 16.9. The van der Waals surface area contributed by atoms with Crippen LogP contribution in [0.4, 0.5) is 0 Å². The molecular formula is C18H24O4-2. The second-order valence-electron chi connectivity index (χ2n) is 5.94. The van der Waals surface area contributed by atoms with E-state index < -0.39 is 11.9 Å². The van der Waals surface area contributed by atoms with Crippen LogP contribution in [0.2, 0.25) is 0 Å². The minimum absolute atomic E-state index is 0.0356. The van der Waals surface area contributed by atoms with Crippen LogP contribution in [-0.4, -0.2) is 11.9 Å². The average Bonchev–Trinajstić information content (AvgIpc) is 2.45. The van der Waals surface area contributed by atoms with Crippen molar-refractivity contribution in [3.05, 3.63) is 34.4 Å². The Bertz CT molecular complexity index is 499. The number of aromatic carboxylic acids is 2. The van der Waals surface area contributed by atoms with E-state index in [4.69, 9.17) is 0 Å². The summed E-state index contributed by atoms with van der Waals surface area (Å²) in [5.74, 6) is -2.58. The van der Waals surface area contributed by atoms with Gasteiger partial charge in [0.15, 0.2) is 0 Å². The molecule has 2 unspecified atom stereocenters. The average molecular weight is 304 g/mol. The summed E-state index contributed by atoms with van der Waals surface area (Å²) in [6, 6.07) is 2.67. The maximum absolute atomic E-state index is 11.5. The Hall–Kier alpha value is -1.84. The van der Waals surface area contributed by atoms with E-state index >= 15 is 0 Å². The third kappa shape index (κ3) is 3.87. The summed E-state index contributed by atoms with van der Waals surface area (Å²) in [6.07, 6.45) is 3.38. The zero-order valence-electron chi connectivity index (χ0n) is 13.8. The lowest BCUT2D eigenvalue weighted by Crippen LogP contribution is -2.29. The molecule has 4 nitrogen and oxygen atoms in total. The molecule has 0 N–H and O–H groups in total. The maximum atomic E-state index is 11.5. The van der Waals surface area contributed by atoms with Crippen LogP contribution in [0.3, 0.4) is 0 Å². The van der Waals surface area contributed by atoms with Crippen molar-refractivity contribution in [1.29, 1.82) is 0 Å². The fourth-order valence-electron chi connectivity index (χ4n) is 3.21. The molecule has 22 heavy (non-hydrogen) atoms. The van der Waals surface area contributed by atoms with Gasteiger partial charge in [-0.25, -0.2) is 0 Å². The molecule has 2 atom stereocenters. The topological polar surface area (TPSA) is 80.3 Å². The second-order valence-corrected chi connectivity index (χ2v) is 5.94. The van der Waals surface area contributed by atoms with Crippen LogP contribution in [0.25, 0.3) is 0 Å². The summed E-state index contributed by atoms with van der Waals surface area (Å²) in [5, 5.41) is 22.9. The van der Waals surface area contributed by atoms with Crippen LogP contribution in [0.5, 0.6) is 0 Å². The molecule has 0 saturated heterocycles. The van der Waals surface area contributed by atoms with Crippen molar-refractivity contribution in [2.45, 2.75) is 65.2 Å². The number of carbonyl (C=O) groups is 2. The molecule has 1 aromatic carbocycles. The number of carbonyl (C=O) groups excluding carboxylic acids is 2. The van der Waals surface area contributed by atoms with Crippen molar-refractivity contribution in [3.63, 3.8) is 0 Å². The Morgan fingerprint density at radius 3 is 1.41 bits per heavy atom. The van der Waals surface area contributed by atoms with E-state index in [1.54, 1.807) is 0 Å². The van der Waals surface area contributed by atoms with Gasteiger partial charge < -0.3 is 19.8 Å². The van der Waals surface area contributed by atoms with Gasteiger partial charge in [-0.15, -0.1) is 0 Å². The first-order valence-corrected chi connectivity index (χ1v) is 7.94. The Balaban J connectivity index is 3.64. The molecule has 0 spiro atoms. The summed E-state index contributed by atoms with van der Waals surface area (Å²) < 4.78 is 0. The first-order chi connectivity index (χ1) is 10.3. The van der Waals surface area contributed by atoms with Crippen molar-refractivity contribution >= 4 is 11.9 Å². The highest BCUT2D eigenvalue weighted by Crippen LogP contribution is 2.36. The van der Waals surface area contributed by atoms with Crippen molar-refractivity contribution in [2.24, 2.45) is 0 Å². The first-order valence-electron chi connectivity index (χ1n) is 7.94. The van der Waals surface area contributed by atoms with Gasteiger partial charge in [-0.3, -0.25) is 0 Å². The molecule has 0 saturated carbocycles. The van der Waals surface area contributed by atoms with Crippen molar-refractivity contribution in [1.82, 2.24) is 0 Å². The van der Waals surface area contributed by atoms with E-state index in [9.17, 15) is 19.8 Å². The van der Waals surface area contributed by atoms with Crippen LogP contribution in [0.15, 0.2) is 12.1 Å². The molecule has 0 radical (unpaired) electrons. The monoisotopic (exact) mass is 304 g/mol. The first kappa shape index (κ1) is 18.2. The van der Waals surface area contributed by atoms with Gasteiger partial charge in [-0.2, -0.15) is 0 Å². The van der Waals surface area contributed by atoms with Crippen LogP contribution < -0.4 is 10.2 Å². The predicted octanol–water partition coefficient (Wildman–Crippen LogP) is 2.22. The van der Waals surface area contributed by atoms with Gasteiger partial charge in [0.25, 0.3) is 0 Å². The Morgan fingerprint density at radius 2 is 1.18 bits per heavy atom. The molecule has 0 amide bonds. The SMILES string of the molecule is CCCC(C)c1c(C(=O)[O-])ccc(C(=O)[O-])c1C(C)CCC. The van der Waals surface area contributed by atoms with E-state index in [0.717, 1.165) is 25.7 Å². The summed E-state index contributed by atoms with van der Waals surface area (Å²) in [4.78, 5) is 22.9. The lowest BCUT2D eigenvalue weighted by atomic mass is 9.79. The number of carboxylic acids is 2. The van der Waals surface area contributed by atoms with E-state index in [-0.39, 0.29) is 23.0 Å². The molecular weight excluding hydrogens is 280 g/mol. The molecule has 0 fully saturated rings. The highest BCUT2D eigenvalue weighted by atomic mass is 16.4. The normalized spacial score (nSPS) is 13.6. The van der Waals surface area contributed by atoms with Crippen LogP contribution in [-0.2, 0) is 0 Å². The van der Waals surface area contributed by atoms with Crippen LogP contribution in [0.1, 0.15) is 97.1 Å². The van der Waals surface area contributed by atoms with Crippen molar-refractivity contribution in [2.75, 3.05) is 0 Å². The lowest BCUT2D eigenvalue weighted by Gasteiger charge is -2.27.